The minimum atomic E-state index is -4.25. The molecule has 15 heavy (non-hydrogen) atoms. The van der Waals surface area contributed by atoms with Gasteiger partial charge in [0.1, 0.15) is 5.92 Å². The van der Waals surface area contributed by atoms with Crippen LogP contribution in [0, 0.1) is 0 Å². The molecule has 0 radical (unpaired) electrons. The van der Waals surface area contributed by atoms with Crippen molar-refractivity contribution in [2.24, 2.45) is 0 Å². The lowest BCUT2D eigenvalue weighted by molar-refractivity contribution is -0.162. The van der Waals surface area contributed by atoms with Gasteiger partial charge >= 0.3 is 6.18 Å². The van der Waals surface area contributed by atoms with E-state index in [-0.39, 0.29) is 12.2 Å². The van der Waals surface area contributed by atoms with Crippen LogP contribution in [0.4, 0.5) is 13.2 Å². The minimum absolute atomic E-state index is 0.249. The molecule has 0 amide bonds. The molecule has 0 aliphatic heterocycles. The van der Waals surface area contributed by atoms with Crippen molar-refractivity contribution >= 4 is 0 Å². The highest BCUT2D eigenvalue weighted by Gasteiger charge is 2.40. The average molecular weight is 218 g/mol. The summed E-state index contributed by atoms with van der Waals surface area (Å²) in [6.45, 7) is 1.65. The molecule has 1 unspecified atom stereocenters. The first-order valence-corrected chi connectivity index (χ1v) is 4.75. The van der Waals surface area contributed by atoms with Gasteiger partial charge in [0.15, 0.2) is 0 Å². The van der Waals surface area contributed by atoms with Crippen molar-refractivity contribution in [2.45, 2.75) is 19.0 Å². The van der Waals surface area contributed by atoms with E-state index in [1.807, 2.05) is 0 Å². The average Bonchev–Trinajstić information content (AvgIpc) is 2.18. The van der Waals surface area contributed by atoms with Gasteiger partial charge in [-0.05, 0) is 12.5 Å². The van der Waals surface area contributed by atoms with Gasteiger partial charge in [-0.1, -0.05) is 30.3 Å². The van der Waals surface area contributed by atoms with Crippen LogP contribution in [0.2, 0.25) is 0 Å². The van der Waals surface area contributed by atoms with Crippen LogP contribution < -0.4 is 0 Å². The van der Waals surface area contributed by atoms with Gasteiger partial charge in [-0.25, -0.2) is 0 Å². The second kappa shape index (κ2) is 5.16. The molecule has 0 N–H and O–H groups in total. The number of alkyl halides is 3. The summed E-state index contributed by atoms with van der Waals surface area (Å²) in [5, 5.41) is 0. The maximum Gasteiger partial charge on any atom is 0.397 e. The van der Waals surface area contributed by atoms with E-state index in [0.717, 1.165) is 0 Å². The number of hydrogen-bond acceptors (Lipinski definition) is 1. The Morgan fingerprint density at radius 3 is 2.27 bits per heavy atom. The summed E-state index contributed by atoms with van der Waals surface area (Å²) in [7, 11) is 0. The molecule has 1 rings (SSSR count). The first kappa shape index (κ1) is 12.0. The van der Waals surface area contributed by atoms with Crippen LogP contribution in [0.3, 0.4) is 0 Å². The lowest BCUT2D eigenvalue weighted by atomic mass is 10.00. The normalized spacial score (nSPS) is 13.9. The monoisotopic (exact) mass is 218 g/mol. The number of hydrogen-bond donors (Lipinski definition) is 0. The molecular formula is C11H13F3O. The highest BCUT2D eigenvalue weighted by molar-refractivity contribution is 5.21. The van der Waals surface area contributed by atoms with E-state index < -0.39 is 12.1 Å². The molecule has 0 heterocycles. The van der Waals surface area contributed by atoms with Crippen molar-refractivity contribution in [1.82, 2.24) is 0 Å². The smallest absolute Gasteiger partial charge is 0.381 e. The molecule has 1 atom stereocenters. The summed E-state index contributed by atoms with van der Waals surface area (Å²) in [5.41, 5.74) is 0.249. The van der Waals surface area contributed by atoms with Gasteiger partial charge in [0, 0.05) is 6.61 Å². The third-order valence-electron chi connectivity index (χ3n) is 2.09. The first-order chi connectivity index (χ1) is 7.05. The van der Waals surface area contributed by atoms with Gasteiger partial charge in [-0.3, -0.25) is 0 Å². The highest BCUT2D eigenvalue weighted by Crippen LogP contribution is 2.34. The van der Waals surface area contributed by atoms with E-state index >= 15 is 0 Å². The molecule has 1 nitrogen and oxygen atoms in total. The quantitative estimate of drug-likeness (QED) is 0.752. The number of rotatable bonds is 4. The zero-order valence-electron chi connectivity index (χ0n) is 8.42. The Kier molecular flexibility index (Phi) is 4.15. The SMILES string of the molecule is CCOCC(c1ccccc1)C(F)(F)F. The van der Waals surface area contributed by atoms with E-state index in [4.69, 9.17) is 4.74 Å². The fourth-order valence-corrected chi connectivity index (χ4v) is 1.30. The number of benzene rings is 1. The van der Waals surface area contributed by atoms with Crippen LogP contribution in [0.5, 0.6) is 0 Å². The van der Waals surface area contributed by atoms with E-state index in [0.29, 0.717) is 6.61 Å². The van der Waals surface area contributed by atoms with Gasteiger partial charge in [0.25, 0.3) is 0 Å². The maximum absolute atomic E-state index is 12.6. The summed E-state index contributed by atoms with van der Waals surface area (Å²) in [5.74, 6) is -1.53. The van der Waals surface area contributed by atoms with Gasteiger partial charge in [0.05, 0.1) is 6.61 Å². The predicted molar refractivity (Wildman–Crippen MR) is 51.7 cm³/mol. The molecule has 1 aromatic carbocycles. The Labute approximate surface area is 86.9 Å². The van der Waals surface area contributed by atoms with E-state index in [1.54, 1.807) is 25.1 Å². The second-order valence-corrected chi connectivity index (χ2v) is 3.16. The summed E-state index contributed by atoms with van der Waals surface area (Å²) >= 11 is 0. The van der Waals surface area contributed by atoms with Gasteiger partial charge in [0.2, 0.25) is 0 Å². The molecule has 0 bridgehead atoms. The van der Waals surface area contributed by atoms with Crippen LogP contribution in [0.25, 0.3) is 0 Å². The molecule has 0 aliphatic carbocycles. The van der Waals surface area contributed by atoms with Crippen molar-refractivity contribution in [3.8, 4) is 0 Å². The van der Waals surface area contributed by atoms with E-state index in [9.17, 15) is 13.2 Å². The van der Waals surface area contributed by atoms with Gasteiger partial charge < -0.3 is 4.74 Å². The molecule has 1 aromatic rings. The van der Waals surface area contributed by atoms with Crippen LogP contribution in [-0.4, -0.2) is 19.4 Å². The molecule has 0 aromatic heterocycles. The molecular weight excluding hydrogens is 205 g/mol. The molecule has 0 fully saturated rings. The molecule has 0 spiro atoms. The Balaban J connectivity index is 2.82. The molecule has 0 aliphatic rings. The fraction of sp³-hybridized carbons (Fsp3) is 0.455. The topological polar surface area (TPSA) is 9.23 Å². The predicted octanol–water partition coefficient (Wildman–Crippen LogP) is 3.37. The van der Waals surface area contributed by atoms with Crippen LogP contribution in [0.15, 0.2) is 30.3 Å². The third kappa shape index (κ3) is 3.55. The minimum Gasteiger partial charge on any atom is -0.381 e. The molecule has 0 saturated heterocycles. The van der Waals surface area contributed by atoms with E-state index in [1.165, 1.54) is 12.1 Å². The van der Waals surface area contributed by atoms with Crippen molar-refractivity contribution < 1.29 is 17.9 Å². The van der Waals surface area contributed by atoms with Gasteiger partial charge in [-0.2, -0.15) is 13.2 Å². The fourth-order valence-electron chi connectivity index (χ4n) is 1.30. The molecule has 84 valence electrons. The summed E-state index contributed by atoms with van der Waals surface area (Å²) in [6.07, 6.45) is -4.25. The lowest BCUT2D eigenvalue weighted by Crippen LogP contribution is -2.25. The number of halogens is 3. The Bertz CT molecular complexity index is 282. The standard InChI is InChI=1S/C11H13F3O/c1-2-15-8-10(11(12,13)14)9-6-4-3-5-7-9/h3-7,10H,2,8H2,1H3. The number of ether oxygens (including phenoxy) is 1. The third-order valence-corrected chi connectivity index (χ3v) is 2.09. The zero-order valence-corrected chi connectivity index (χ0v) is 8.42. The van der Waals surface area contributed by atoms with Crippen molar-refractivity contribution in [2.75, 3.05) is 13.2 Å². The Morgan fingerprint density at radius 1 is 1.20 bits per heavy atom. The molecule has 0 saturated carbocycles. The second-order valence-electron chi connectivity index (χ2n) is 3.16. The van der Waals surface area contributed by atoms with Crippen molar-refractivity contribution in [3.05, 3.63) is 35.9 Å². The van der Waals surface area contributed by atoms with Crippen LogP contribution >= 0.6 is 0 Å². The Hall–Kier alpha value is -1.03. The molecule has 4 heteroatoms. The summed E-state index contributed by atoms with van der Waals surface area (Å²) in [6, 6.07) is 7.83. The van der Waals surface area contributed by atoms with Crippen molar-refractivity contribution in [1.29, 1.82) is 0 Å². The van der Waals surface area contributed by atoms with Crippen LogP contribution in [0.1, 0.15) is 18.4 Å². The highest BCUT2D eigenvalue weighted by atomic mass is 19.4. The zero-order chi connectivity index (χ0) is 11.3. The van der Waals surface area contributed by atoms with E-state index in [2.05, 4.69) is 0 Å². The summed E-state index contributed by atoms with van der Waals surface area (Å²) in [4.78, 5) is 0. The first-order valence-electron chi connectivity index (χ1n) is 4.75. The Morgan fingerprint density at radius 2 is 1.80 bits per heavy atom. The largest absolute Gasteiger partial charge is 0.397 e. The lowest BCUT2D eigenvalue weighted by Gasteiger charge is -2.20. The van der Waals surface area contributed by atoms with Crippen LogP contribution in [-0.2, 0) is 4.74 Å². The summed E-state index contributed by atoms with van der Waals surface area (Å²) < 4.78 is 42.8. The maximum atomic E-state index is 12.6. The van der Waals surface area contributed by atoms with Crippen molar-refractivity contribution in [3.63, 3.8) is 0 Å². The van der Waals surface area contributed by atoms with Gasteiger partial charge in [-0.15, -0.1) is 0 Å².